The van der Waals surface area contributed by atoms with Gasteiger partial charge in [0.2, 0.25) is 3.79 Å². The van der Waals surface area contributed by atoms with Crippen molar-refractivity contribution in [1.29, 1.82) is 0 Å². The molecule has 0 amide bonds. The van der Waals surface area contributed by atoms with Crippen LogP contribution in [-0.2, 0) is 13.6 Å². The predicted octanol–water partition coefficient (Wildman–Crippen LogP) is 4.09. The zero-order valence-corrected chi connectivity index (χ0v) is 14.7. The van der Waals surface area contributed by atoms with E-state index < -0.39 is 24.8 Å². The number of hydrogen-bond acceptors (Lipinski definition) is 3. The topological polar surface area (TPSA) is 71.4 Å². The zero-order valence-electron chi connectivity index (χ0n) is 11.7. The molecule has 8 heteroatoms. The van der Waals surface area contributed by atoms with Gasteiger partial charge in [0.25, 0.3) is 0 Å². The molecule has 118 valence electrons. The molecule has 1 N–H and O–H groups in total. The largest absolute Gasteiger partial charge is 0.478 e. The van der Waals surface area contributed by atoms with Crippen LogP contribution in [-0.4, -0.2) is 24.7 Å². The van der Waals surface area contributed by atoms with Crippen LogP contribution in [0.3, 0.4) is 0 Å². The quantitative estimate of drug-likeness (QED) is 0.807. The Morgan fingerprint density at radius 1 is 1.33 bits per heavy atom. The molecule has 21 heavy (non-hydrogen) atoms. The number of carboxylic acid groups (broad SMARTS) is 1. The van der Waals surface area contributed by atoms with Gasteiger partial charge in [-0.3, -0.25) is 0 Å². The van der Waals surface area contributed by atoms with Crippen LogP contribution in [0.5, 0.6) is 0 Å². The van der Waals surface area contributed by atoms with E-state index in [1.165, 1.54) is 26.0 Å². The van der Waals surface area contributed by atoms with Gasteiger partial charge in [-0.15, -0.1) is 0 Å². The van der Waals surface area contributed by atoms with Crippen molar-refractivity contribution in [2.24, 2.45) is 0 Å². The van der Waals surface area contributed by atoms with E-state index in [0.717, 1.165) is 0 Å². The van der Waals surface area contributed by atoms with E-state index in [2.05, 4.69) is 0 Å². The molecule has 0 spiro atoms. The SMILES string of the molecule is CC[C@@H](C)S(=O)(=O)c1c(C(Cl)(Cl)Cl)ccc(C(=O)O)c1C. The molecule has 0 aromatic heterocycles. The Hall–Kier alpha value is -0.490. The Morgan fingerprint density at radius 3 is 2.24 bits per heavy atom. The number of aromatic carboxylic acids is 1. The van der Waals surface area contributed by atoms with Gasteiger partial charge in [0, 0.05) is 5.56 Å². The maximum absolute atomic E-state index is 12.7. The zero-order chi connectivity index (χ0) is 16.6. The van der Waals surface area contributed by atoms with Crippen LogP contribution in [0.25, 0.3) is 0 Å². The fraction of sp³-hybridized carbons (Fsp3) is 0.462. The number of halogens is 3. The Morgan fingerprint density at radius 2 is 1.86 bits per heavy atom. The molecule has 0 fully saturated rings. The van der Waals surface area contributed by atoms with Crippen LogP contribution in [0.1, 0.15) is 41.8 Å². The summed E-state index contributed by atoms with van der Waals surface area (Å²) in [6.07, 6.45) is 0.359. The van der Waals surface area contributed by atoms with Crippen LogP contribution in [0.15, 0.2) is 17.0 Å². The van der Waals surface area contributed by atoms with Gasteiger partial charge >= 0.3 is 5.97 Å². The molecule has 1 aromatic rings. The summed E-state index contributed by atoms with van der Waals surface area (Å²) in [5, 5.41) is 8.44. The van der Waals surface area contributed by atoms with E-state index in [-0.39, 0.29) is 21.6 Å². The fourth-order valence-electron chi connectivity index (χ4n) is 1.93. The van der Waals surface area contributed by atoms with Crippen molar-refractivity contribution in [3.05, 3.63) is 28.8 Å². The number of hydrogen-bond donors (Lipinski definition) is 1. The first kappa shape index (κ1) is 18.6. The lowest BCUT2D eigenvalue weighted by Gasteiger charge is -2.22. The third-order valence-corrected chi connectivity index (χ3v) is 6.43. The van der Waals surface area contributed by atoms with E-state index in [1.54, 1.807) is 6.92 Å². The van der Waals surface area contributed by atoms with Crippen molar-refractivity contribution in [2.45, 2.75) is 41.1 Å². The summed E-state index contributed by atoms with van der Waals surface area (Å²) in [5.41, 5.74) is -0.0863. The van der Waals surface area contributed by atoms with Gasteiger partial charge in [0.1, 0.15) is 0 Å². The first-order valence-electron chi connectivity index (χ1n) is 6.12. The molecule has 0 heterocycles. The number of carboxylic acids is 1. The number of benzene rings is 1. The summed E-state index contributed by atoms with van der Waals surface area (Å²) in [7, 11) is -3.81. The van der Waals surface area contributed by atoms with E-state index >= 15 is 0 Å². The van der Waals surface area contributed by atoms with Crippen molar-refractivity contribution in [3.63, 3.8) is 0 Å². The number of carbonyl (C=O) groups is 1. The van der Waals surface area contributed by atoms with Gasteiger partial charge in [-0.25, -0.2) is 13.2 Å². The van der Waals surface area contributed by atoms with Crippen molar-refractivity contribution in [1.82, 2.24) is 0 Å². The standard InChI is InChI=1S/C13H15Cl3O4S/c1-4-7(2)21(19,20)11-8(3)9(12(17)18)5-6-10(11)13(14,15)16/h5-7H,4H2,1-3H3,(H,17,18)/t7-/m1/s1. The summed E-state index contributed by atoms with van der Waals surface area (Å²) in [6, 6.07) is 2.48. The van der Waals surface area contributed by atoms with Crippen LogP contribution >= 0.6 is 34.8 Å². The summed E-state index contributed by atoms with van der Waals surface area (Å²) >= 11 is 17.5. The minimum Gasteiger partial charge on any atom is -0.478 e. The average Bonchev–Trinajstić information content (AvgIpc) is 2.35. The number of alkyl halides is 3. The molecule has 4 nitrogen and oxygen atoms in total. The lowest BCUT2D eigenvalue weighted by molar-refractivity contribution is 0.0695. The minimum atomic E-state index is -3.81. The Kier molecular flexibility index (Phi) is 5.59. The van der Waals surface area contributed by atoms with Crippen molar-refractivity contribution in [2.75, 3.05) is 0 Å². The fourth-order valence-corrected chi connectivity index (χ4v) is 4.48. The molecule has 1 aromatic carbocycles. The van der Waals surface area contributed by atoms with Gasteiger partial charge in [0.05, 0.1) is 15.7 Å². The van der Waals surface area contributed by atoms with Crippen LogP contribution in [0.4, 0.5) is 0 Å². The normalized spacial score (nSPS) is 14.0. The van der Waals surface area contributed by atoms with Crippen LogP contribution < -0.4 is 0 Å². The lowest BCUT2D eigenvalue weighted by atomic mass is 10.1. The maximum Gasteiger partial charge on any atom is 0.335 e. The molecular weight excluding hydrogens is 359 g/mol. The first-order valence-corrected chi connectivity index (χ1v) is 8.80. The second-order valence-electron chi connectivity index (χ2n) is 4.68. The molecule has 0 radical (unpaired) electrons. The second kappa shape index (κ2) is 6.32. The molecule has 1 rings (SSSR count). The van der Waals surface area contributed by atoms with Crippen LogP contribution in [0, 0.1) is 6.92 Å². The molecule has 0 saturated carbocycles. The molecule has 0 unspecified atom stereocenters. The predicted molar refractivity (Wildman–Crippen MR) is 84.3 cm³/mol. The molecule has 0 bridgehead atoms. The molecule has 0 aliphatic carbocycles. The van der Waals surface area contributed by atoms with Gasteiger partial charge in [-0.05, 0) is 31.9 Å². The van der Waals surface area contributed by atoms with E-state index in [1.807, 2.05) is 0 Å². The van der Waals surface area contributed by atoms with Crippen molar-refractivity contribution in [3.8, 4) is 0 Å². The van der Waals surface area contributed by atoms with E-state index in [9.17, 15) is 13.2 Å². The maximum atomic E-state index is 12.7. The smallest absolute Gasteiger partial charge is 0.335 e. The van der Waals surface area contributed by atoms with Crippen molar-refractivity contribution >= 4 is 50.6 Å². The molecule has 0 aliphatic heterocycles. The molecule has 0 aliphatic rings. The van der Waals surface area contributed by atoms with Gasteiger partial charge in [-0.1, -0.05) is 47.8 Å². The molecule has 0 saturated heterocycles. The Labute approximate surface area is 138 Å². The highest BCUT2D eigenvalue weighted by Crippen LogP contribution is 2.44. The minimum absolute atomic E-state index is 0.0321. The average molecular weight is 374 g/mol. The summed E-state index contributed by atoms with van der Waals surface area (Å²) in [6.45, 7) is 4.65. The summed E-state index contributed by atoms with van der Waals surface area (Å²) in [5.74, 6) is -1.23. The third kappa shape index (κ3) is 3.65. The number of sulfone groups is 1. The first-order chi connectivity index (χ1) is 9.44. The van der Waals surface area contributed by atoms with Crippen LogP contribution in [0.2, 0.25) is 0 Å². The highest BCUT2D eigenvalue weighted by atomic mass is 35.6. The number of rotatable bonds is 4. The van der Waals surface area contributed by atoms with Crippen molar-refractivity contribution < 1.29 is 18.3 Å². The molecule has 1 atom stereocenters. The van der Waals surface area contributed by atoms with Gasteiger partial charge in [-0.2, -0.15) is 0 Å². The van der Waals surface area contributed by atoms with Gasteiger partial charge in [0.15, 0.2) is 9.84 Å². The molecular formula is C13H15Cl3O4S. The summed E-state index contributed by atoms with van der Waals surface area (Å²) < 4.78 is 23.4. The van der Waals surface area contributed by atoms with E-state index in [4.69, 9.17) is 39.9 Å². The van der Waals surface area contributed by atoms with E-state index in [0.29, 0.717) is 6.42 Å². The third-order valence-electron chi connectivity index (χ3n) is 3.33. The Balaban J connectivity index is 3.83. The van der Waals surface area contributed by atoms with Gasteiger partial charge < -0.3 is 5.11 Å². The monoisotopic (exact) mass is 372 g/mol. The highest BCUT2D eigenvalue weighted by Gasteiger charge is 2.36. The lowest BCUT2D eigenvalue weighted by Crippen LogP contribution is -2.23. The summed E-state index contributed by atoms with van der Waals surface area (Å²) in [4.78, 5) is 11.0. The Bertz CT molecular complexity index is 663. The highest BCUT2D eigenvalue weighted by molar-refractivity contribution is 7.92. The second-order valence-corrected chi connectivity index (χ2v) is 9.27.